The molecule has 1 aliphatic rings. The van der Waals surface area contributed by atoms with Gasteiger partial charge in [0, 0.05) is 0 Å². The van der Waals surface area contributed by atoms with Gasteiger partial charge < -0.3 is 9.47 Å². The van der Waals surface area contributed by atoms with Gasteiger partial charge in [0.05, 0.1) is 25.4 Å². The summed E-state index contributed by atoms with van der Waals surface area (Å²) >= 11 is 0. The van der Waals surface area contributed by atoms with Crippen molar-refractivity contribution in [3.63, 3.8) is 0 Å². The van der Waals surface area contributed by atoms with Crippen LogP contribution in [-0.4, -0.2) is 25.4 Å². The third-order valence-corrected chi connectivity index (χ3v) is 1.51. The first kappa shape index (κ1) is 6.05. The lowest BCUT2D eigenvalue weighted by molar-refractivity contribution is -0.124. The minimum atomic E-state index is 0.281. The average molecular weight is 116 g/mol. The molecule has 48 valence electrons. The van der Waals surface area contributed by atoms with E-state index in [9.17, 15) is 0 Å². The lowest BCUT2D eigenvalue weighted by atomic mass is 10.2. The van der Waals surface area contributed by atoms with Gasteiger partial charge in [-0.3, -0.25) is 0 Å². The summed E-state index contributed by atoms with van der Waals surface area (Å²) in [4.78, 5) is 0. The van der Waals surface area contributed by atoms with Gasteiger partial charge in [-0.1, -0.05) is 0 Å². The van der Waals surface area contributed by atoms with Crippen LogP contribution in [0, 0.1) is 0 Å². The van der Waals surface area contributed by atoms with Crippen LogP contribution in [0.25, 0.3) is 0 Å². The van der Waals surface area contributed by atoms with Gasteiger partial charge in [-0.15, -0.1) is 0 Å². The standard InChI is InChI=1S/C6H12O2/c1-5-6(2)8-4-3-7-5/h5-6H,3-4H2,1-2H3/t5-,6-/m0/s1. The van der Waals surface area contributed by atoms with E-state index in [0.717, 1.165) is 13.2 Å². The molecule has 2 nitrogen and oxygen atoms in total. The zero-order chi connectivity index (χ0) is 5.98. The fraction of sp³-hybridized carbons (Fsp3) is 1.00. The summed E-state index contributed by atoms with van der Waals surface area (Å²) in [5.41, 5.74) is 0. The van der Waals surface area contributed by atoms with Crippen LogP contribution in [0.15, 0.2) is 0 Å². The van der Waals surface area contributed by atoms with Crippen LogP contribution in [-0.2, 0) is 9.47 Å². The smallest absolute Gasteiger partial charge is 0.0807 e. The largest absolute Gasteiger partial charge is 0.373 e. The first-order chi connectivity index (χ1) is 3.80. The molecule has 2 atom stereocenters. The normalized spacial score (nSPS) is 39.8. The van der Waals surface area contributed by atoms with E-state index < -0.39 is 0 Å². The number of rotatable bonds is 0. The second kappa shape index (κ2) is 2.46. The highest BCUT2D eigenvalue weighted by atomic mass is 16.6. The van der Waals surface area contributed by atoms with E-state index in [4.69, 9.17) is 9.47 Å². The van der Waals surface area contributed by atoms with E-state index in [0.29, 0.717) is 0 Å². The average Bonchev–Trinajstić information content (AvgIpc) is 1.77. The monoisotopic (exact) mass is 116 g/mol. The summed E-state index contributed by atoms with van der Waals surface area (Å²) in [5.74, 6) is 0. The summed E-state index contributed by atoms with van der Waals surface area (Å²) in [6.45, 7) is 5.57. The molecular formula is C6H12O2. The SMILES string of the molecule is C[C@@H]1OCCO[C@H]1C. The van der Waals surface area contributed by atoms with Crippen molar-refractivity contribution in [3.05, 3.63) is 0 Å². The van der Waals surface area contributed by atoms with Gasteiger partial charge in [0.2, 0.25) is 0 Å². The molecule has 1 fully saturated rings. The van der Waals surface area contributed by atoms with Crippen LogP contribution < -0.4 is 0 Å². The molecule has 0 aromatic carbocycles. The Morgan fingerprint density at radius 3 is 1.62 bits per heavy atom. The molecular weight excluding hydrogens is 104 g/mol. The quantitative estimate of drug-likeness (QED) is 0.466. The zero-order valence-electron chi connectivity index (χ0n) is 5.39. The van der Waals surface area contributed by atoms with Gasteiger partial charge in [0.15, 0.2) is 0 Å². The maximum Gasteiger partial charge on any atom is 0.0807 e. The summed E-state index contributed by atoms with van der Waals surface area (Å²) in [6.07, 6.45) is 0.562. The summed E-state index contributed by atoms with van der Waals surface area (Å²) in [6, 6.07) is 0. The Morgan fingerprint density at radius 2 is 1.38 bits per heavy atom. The van der Waals surface area contributed by atoms with Crippen LogP contribution >= 0.6 is 0 Å². The highest BCUT2D eigenvalue weighted by Gasteiger charge is 2.16. The molecule has 2 heteroatoms. The first-order valence-electron chi connectivity index (χ1n) is 3.04. The fourth-order valence-electron chi connectivity index (χ4n) is 0.739. The Kier molecular flexibility index (Phi) is 1.86. The van der Waals surface area contributed by atoms with Gasteiger partial charge >= 0.3 is 0 Å². The van der Waals surface area contributed by atoms with Gasteiger partial charge in [-0.2, -0.15) is 0 Å². The molecule has 0 aromatic rings. The molecule has 0 bridgehead atoms. The molecule has 0 aromatic heterocycles. The second-order valence-electron chi connectivity index (χ2n) is 2.15. The molecule has 1 aliphatic heterocycles. The summed E-state index contributed by atoms with van der Waals surface area (Å²) in [7, 11) is 0. The van der Waals surface area contributed by atoms with Crippen molar-refractivity contribution in [2.75, 3.05) is 13.2 Å². The minimum absolute atomic E-state index is 0.281. The fourth-order valence-corrected chi connectivity index (χ4v) is 0.739. The predicted octanol–water partition coefficient (Wildman–Crippen LogP) is 0.810. The van der Waals surface area contributed by atoms with E-state index in [1.807, 2.05) is 13.8 Å². The topological polar surface area (TPSA) is 18.5 Å². The predicted molar refractivity (Wildman–Crippen MR) is 30.8 cm³/mol. The Bertz CT molecular complexity index is 62.9. The summed E-state index contributed by atoms with van der Waals surface area (Å²) < 4.78 is 10.5. The molecule has 0 amide bonds. The number of hydrogen-bond acceptors (Lipinski definition) is 2. The van der Waals surface area contributed by atoms with Gasteiger partial charge in [-0.25, -0.2) is 0 Å². The van der Waals surface area contributed by atoms with Crippen molar-refractivity contribution >= 4 is 0 Å². The molecule has 0 radical (unpaired) electrons. The van der Waals surface area contributed by atoms with Crippen molar-refractivity contribution in [1.29, 1.82) is 0 Å². The van der Waals surface area contributed by atoms with Gasteiger partial charge in [0.1, 0.15) is 0 Å². The molecule has 1 heterocycles. The number of ether oxygens (including phenoxy) is 2. The van der Waals surface area contributed by atoms with Crippen molar-refractivity contribution in [2.45, 2.75) is 26.1 Å². The van der Waals surface area contributed by atoms with Crippen molar-refractivity contribution in [1.82, 2.24) is 0 Å². The van der Waals surface area contributed by atoms with Crippen LogP contribution in [0.2, 0.25) is 0 Å². The van der Waals surface area contributed by atoms with E-state index in [-0.39, 0.29) is 12.2 Å². The Hall–Kier alpha value is -0.0800. The second-order valence-corrected chi connectivity index (χ2v) is 2.15. The molecule has 8 heavy (non-hydrogen) atoms. The Labute approximate surface area is 49.8 Å². The Balaban J connectivity index is 2.28. The van der Waals surface area contributed by atoms with Crippen LogP contribution in [0.5, 0.6) is 0 Å². The third kappa shape index (κ3) is 1.20. The molecule has 0 spiro atoms. The first-order valence-corrected chi connectivity index (χ1v) is 3.04. The third-order valence-electron chi connectivity index (χ3n) is 1.51. The van der Waals surface area contributed by atoms with Gasteiger partial charge in [-0.05, 0) is 13.8 Å². The van der Waals surface area contributed by atoms with Gasteiger partial charge in [0.25, 0.3) is 0 Å². The van der Waals surface area contributed by atoms with E-state index >= 15 is 0 Å². The highest BCUT2D eigenvalue weighted by molar-refractivity contribution is 4.63. The van der Waals surface area contributed by atoms with Crippen LogP contribution in [0.3, 0.4) is 0 Å². The Morgan fingerprint density at radius 1 is 1.00 bits per heavy atom. The minimum Gasteiger partial charge on any atom is -0.373 e. The lowest BCUT2D eigenvalue weighted by Crippen LogP contribution is -2.33. The molecule has 0 aliphatic carbocycles. The molecule has 0 saturated carbocycles. The van der Waals surface area contributed by atoms with Crippen molar-refractivity contribution < 1.29 is 9.47 Å². The molecule has 1 saturated heterocycles. The maximum atomic E-state index is 5.27. The molecule has 1 rings (SSSR count). The van der Waals surface area contributed by atoms with Crippen molar-refractivity contribution in [2.24, 2.45) is 0 Å². The van der Waals surface area contributed by atoms with E-state index in [1.54, 1.807) is 0 Å². The molecule has 0 N–H and O–H groups in total. The van der Waals surface area contributed by atoms with E-state index in [1.165, 1.54) is 0 Å². The maximum absolute atomic E-state index is 5.27. The van der Waals surface area contributed by atoms with E-state index in [2.05, 4.69) is 0 Å². The van der Waals surface area contributed by atoms with Crippen molar-refractivity contribution in [3.8, 4) is 0 Å². The lowest BCUT2D eigenvalue weighted by Gasteiger charge is -2.25. The van der Waals surface area contributed by atoms with Crippen LogP contribution in [0.4, 0.5) is 0 Å². The highest BCUT2D eigenvalue weighted by Crippen LogP contribution is 2.07. The molecule has 0 unspecified atom stereocenters. The zero-order valence-corrected chi connectivity index (χ0v) is 5.39. The van der Waals surface area contributed by atoms with Crippen LogP contribution in [0.1, 0.15) is 13.8 Å². The summed E-state index contributed by atoms with van der Waals surface area (Å²) in [5, 5.41) is 0. The number of hydrogen-bond donors (Lipinski definition) is 0.